The standard InChI is InChI=1S/C19H23ClN4OS/c1-5-11(6-2)22-18-17-16(23-19(21-3)24-18)14(10-26-17)13-8-7-12(25-4)9-15(13)20/h7-11H,5-6H2,1-4H3,(H2,21,22,23,24). The molecule has 0 saturated heterocycles. The molecule has 3 aromatic rings. The van der Waals surface area contributed by atoms with Crippen LogP contribution in [0.4, 0.5) is 11.8 Å². The largest absolute Gasteiger partial charge is 0.497 e. The summed E-state index contributed by atoms with van der Waals surface area (Å²) in [5, 5.41) is 9.35. The molecule has 0 radical (unpaired) electrons. The summed E-state index contributed by atoms with van der Waals surface area (Å²) in [5.74, 6) is 2.20. The van der Waals surface area contributed by atoms with Crippen LogP contribution in [-0.2, 0) is 0 Å². The molecule has 138 valence electrons. The van der Waals surface area contributed by atoms with Crippen LogP contribution < -0.4 is 15.4 Å². The van der Waals surface area contributed by atoms with E-state index in [1.807, 2.05) is 25.2 Å². The van der Waals surface area contributed by atoms with Gasteiger partial charge in [-0.3, -0.25) is 0 Å². The first-order chi connectivity index (χ1) is 12.6. The number of anilines is 2. The van der Waals surface area contributed by atoms with Crippen LogP contribution in [0.15, 0.2) is 23.6 Å². The molecule has 0 aliphatic heterocycles. The van der Waals surface area contributed by atoms with Gasteiger partial charge in [0.1, 0.15) is 11.6 Å². The van der Waals surface area contributed by atoms with Gasteiger partial charge in [0.2, 0.25) is 5.95 Å². The Balaban J connectivity index is 2.14. The Morgan fingerprint density at radius 3 is 2.58 bits per heavy atom. The fourth-order valence-corrected chi connectivity index (χ4v) is 4.08. The van der Waals surface area contributed by atoms with Crippen LogP contribution >= 0.6 is 22.9 Å². The number of fused-ring (bicyclic) bond motifs is 1. The molecule has 0 atom stereocenters. The summed E-state index contributed by atoms with van der Waals surface area (Å²) < 4.78 is 6.29. The molecule has 0 saturated carbocycles. The van der Waals surface area contributed by atoms with Gasteiger partial charge in [-0.1, -0.05) is 25.4 Å². The molecule has 0 fully saturated rings. The van der Waals surface area contributed by atoms with Crippen LogP contribution in [0.25, 0.3) is 21.3 Å². The lowest BCUT2D eigenvalue weighted by Gasteiger charge is -2.16. The van der Waals surface area contributed by atoms with E-state index >= 15 is 0 Å². The van der Waals surface area contributed by atoms with Gasteiger partial charge in [0.15, 0.2) is 0 Å². The summed E-state index contributed by atoms with van der Waals surface area (Å²) in [6, 6.07) is 6.09. The fraction of sp³-hybridized carbons (Fsp3) is 0.368. The minimum absolute atomic E-state index is 0.382. The Morgan fingerprint density at radius 1 is 1.19 bits per heavy atom. The summed E-state index contributed by atoms with van der Waals surface area (Å²) in [4.78, 5) is 9.33. The monoisotopic (exact) mass is 390 g/mol. The highest BCUT2D eigenvalue weighted by atomic mass is 35.5. The molecule has 1 aromatic carbocycles. The Labute approximate surface area is 162 Å². The van der Waals surface area contributed by atoms with Crippen LogP contribution in [0, 0.1) is 0 Å². The number of methoxy groups -OCH3 is 1. The lowest BCUT2D eigenvalue weighted by atomic mass is 10.1. The molecule has 0 aliphatic carbocycles. The number of benzene rings is 1. The van der Waals surface area contributed by atoms with Crippen molar-refractivity contribution < 1.29 is 4.74 Å². The van der Waals surface area contributed by atoms with Crippen molar-refractivity contribution in [3.05, 3.63) is 28.6 Å². The Hall–Kier alpha value is -2.05. The van der Waals surface area contributed by atoms with E-state index in [1.54, 1.807) is 18.4 Å². The average molecular weight is 391 g/mol. The Morgan fingerprint density at radius 2 is 1.96 bits per heavy atom. The first-order valence-corrected chi connectivity index (χ1v) is 9.94. The van der Waals surface area contributed by atoms with Crippen LogP contribution in [0.1, 0.15) is 26.7 Å². The lowest BCUT2D eigenvalue weighted by molar-refractivity contribution is 0.415. The molecule has 0 spiro atoms. The normalized spacial score (nSPS) is 11.2. The molecule has 5 nitrogen and oxygen atoms in total. The minimum atomic E-state index is 0.382. The third-order valence-corrected chi connectivity index (χ3v) is 5.72. The van der Waals surface area contributed by atoms with Gasteiger partial charge in [-0.2, -0.15) is 4.98 Å². The molecule has 2 heterocycles. The molecule has 26 heavy (non-hydrogen) atoms. The molecular formula is C19H23ClN4OS. The van der Waals surface area contributed by atoms with Gasteiger partial charge in [0.25, 0.3) is 0 Å². The zero-order valence-corrected chi connectivity index (χ0v) is 17.0. The van der Waals surface area contributed by atoms with Crippen LogP contribution in [0.5, 0.6) is 5.75 Å². The van der Waals surface area contributed by atoms with Crippen molar-refractivity contribution in [2.24, 2.45) is 0 Å². The number of hydrogen-bond acceptors (Lipinski definition) is 6. The number of hydrogen-bond donors (Lipinski definition) is 2. The maximum absolute atomic E-state index is 6.49. The molecule has 3 rings (SSSR count). The van der Waals surface area contributed by atoms with Crippen LogP contribution in [0.3, 0.4) is 0 Å². The van der Waals surface area contributed by atoms with Gasteiger partial charge in [-0.05, 0) is 31.0 Å². The van der Waals surface area contributed by atoms with Crippen molar-refractivity contribution in [3.8, 4) is 16.9 Å². The van der Waals surface area contributed by atoms with E-state index in [9.17, 15) is 0 Å². The van der Waals surface area contributed by atoms with E-state index in [4.69, 9.17) is 21.3 Å². The van der Waals surface area contributed by atoms with Crippen LogP contribution in [-0.4, -0.2) is 30.2 Å². The van der Waals surface area contributed by atoms with E-state index in [1.165, 1.54) is 0 Å². The van der Waals surface area contributed by atoms with Crippen molar-refractivity contribution in [1.29, 1.82) is 0 Å². The maximum Gasteiger partial charge on any atom is 0.225 e. The predicted octanol–water partition coefficient (Wildman–Crippen LogP) is 5.66. The van der Waals surface area contributed by atoms with E-state index in [-0.39, 0.29) is 0 Å². The van der Waals surface area contributed by atoms with Crippen molar-refractivity contribution in [1.82, 2.24) is 9.97 Å². The predicted molar refractivity (Wildman–Crippen MR) is 112 cm³/mol. The van der Waals surface area contributed by atoms with E-state index in [0.29, 0.717) is 17.0 Å². The van der Waals surface area contributed by atoms with Gasteiger partial charge in [0, 0.05) is 29.6 Å². The molecule has 0 amide bonds. The number of nitrogens with zero attached hydrogens (tertiary/aromatic N) is 2. The number of ether oxygens (including phenoxy) is 1. The Bertz CT molecular complexity index is 908. The smallest absolute Gasteiger partial charge is 0.225 e. The van der Waals surface area contributed by atoms with Gasteiger partial charge < -0.3 is 15.4 Å². The third-order valence-electron chi connectivity index (χ3n) is 4.43. The second-order valence-corrected chi connectivity index (χ2v) is 7.26. The topological polar surface area (TPSA) is 59.1 Å². The molecule has 0 aliphatic rings. The summed E-state index contributed by atoms with van der Waals surface area (Å²) in [7, 11) is 3.46. The molecule has 0 unspecified atom stereocenters. The number of nitrogens with one attached hydrogen (secondary N) is 2. The van der Waals surface area contributed by atoms with Crippen molar-refractivity contribution in [2.45, 2.75) is 32.7 Å². The van der Waals surface area contributed by atoms with E-state index in [0.717, 1.165) is 45.8 Å². The average Bonchev–Trinajstić information content (AvgIpc) is 3.09. The number of halogens is 1. The highest BCUT2D eigenvalue weighted by molar-refractivity contribution is 7.18. The first kappa shape index (κ1) is 18.7. The zero-order valence-electron chi connectivity index (χ0n) is 15.4. The summed E-state index contributed by atoms with van der Waals surface area (Å²) in [6.45, 7) is 4.35. The highest BCUT2D eigenvalue weighted by Gasteiger charge is 2.18. The number of thiophene rings is 1. The quantitative estimate of drug-likeness (QED) is 0.544. The second kappa shape index (κ2) is 8.10. The SMILES string of the molecule is CCC(CC)Nc1nc(NC)nc2c(-c3ccc(OC)cc3Cl)csc12. The molecule has 2 aromatic heterocycles. The van der Waals surface area contributed by atoms with Gasteiger partial charge in [-0.15, -0.1) is 11.3 Å². The second-order valence-electron chi connectivity index (χ2n) is 5.98. The van der Waals surface area contributed by atoms with Crippen molar-refractivity contribution in [3.63, 3.8) is 0 Å². The van der Waals surface area contributed by atoms with Crippen molar-refractivity contribution >= 4 is 44.9 Å². The maximum atomic E-state index is 6.49. The van der Waals surface area contributed by atoms with Gasteiger partial charge in [0.05, 0.1) is 22.3 Å². The Kier molecular flexibility index (Phi) is 5.84. The third kappa shape index (κ3) is 3.57. The lowest BCUT2D eigenvalue weighted by Crippen LogP contribution is -2.18. The molecular weight excluding hydrogens is 368 g/mol. The first-order valence-electron chi connectivity index (χ1n) is 8.68. The minimum Gasteiger partial charge on any atom is -0.497 e. The zero-order chi connectivity index (χ0) is 18.7. The summed E-state index contributed by atoms with van der Waals surface area (Å²) >= 11 is 8.12. The summed E-state index contributed by atoms with van der Waals surface area (Å²) in [6.07, 6.45) is 2.08. The highest BCUT2D eigenvalue weighted by Crippen LogP contribution is 2.40. The molecule has 2 N–H and O–H groups in total. The molecule has 0 bridgehead atoms. The number of rotatable bonds is 7. The van der Waals surface area contributed by atoms with Crippen LogP contribution in [0.2, 0.25) is 5.02 Å². The van der Waals surface area contributed by atoms with Crippen molar-refractivity contribution in [2.75, 3.05) is 24.8 Å². The molecule has 7 heteroatoms. The fourth-order valence-electron chi connectivity index (χ4n) is 2.85. The summed E-state index contributed by atoms with van der Waals surface area (Å²) in [5.41, 5.74) is 2.84. The van der Waals surface area contributed by atoms with E-state index < -0.39 is 0 Å². The number of aromatic nitrogens is 2. The van der Waals surface area contributed by atoms with E-state index in [2.05, 4.69) is 34.8 Å². The van der Waals surface area contributed by atoms with Gasteiger partial charge >= 0.3 is 0 Å². The van der Waals surface area contributed by atoms with Gasteiger partial charge in [-0.25, -0.2) is 4.98 Å².